The molecule has 0 saturated heterocycles. The Hall–Kier alpha value is -2.68. The highest BCUT2D eigenvalue weighted by atomic mass is 35.5. The first kappa shape index (κ1) is 20.6. The summed E-state index contributed by atoms with van der Waals surface area (Å²) in [5.41, 5.74) is 0.177. The molecule has 8 nitrogen and oxygen atoms in total. The summed E-state index contributed by atoms with van der Waals surface area (Å²) in [5, 5.41) is 16.6. The third-order valence-electron chi connectivity index (χ3n) is 3.43. The van der Waals surface area contributed by atoms with Crippen molar-refractivity contribution in [3.05, 3.63) is 62.6 Å². The molecule has 0 aliphatic heterocycles. The number of para-hydroxylation sites is 3. The van der Waals surface area contributed by atoms with E-state index in [1.54, 1.807) is 31.3 Å². The SMILES string of the molecule is CN(CC(=O)Nc1ccccc1[N+](=O)[O-])CC(=O)Nc1c(Cl)cccc1Cl. The molecule has 0 aromatic heterocycles. The summed E-state index contributed by atoms with van der Waals surface area (Å²) in [7, 11) is 1.56. The first-order valence-corrected chi connectivity index (χ1v) is 8.49. The predicted molar refractivity (Wildman–Crippen MR) is 104 cm³/mol. The molecule has 0 spiro atoms. The van der Waals surface area contributed by atoms with E-state index in [1.807, 2.05) is 0 Å². The number of nitrogens with one attached hydrogen (secondary N) is 2. The fourth-order valence-electron chi connectivity index (χ4n) is 2.27. The summed E-state index contributed by atoms with van der Waals surface area (Å²) < 4.78 is 0. The van der Waals surface area contributed by atoms with Crippen LogP contribution in [-0.2, 0) is 9.59 Å². The molecule has 142 valence electrons. The van der Waals surface area contributed by atoms with E-state index in [2.05, 4.69) is 10.6 Å². The summed E-state index contributed by atoms with van der Waals surface area (Å²) >= 11 is 12.0. The molecular weight excluding hydrogens is 395 g/mol. The molecule has 2 aromatic rings. The molecule has 0 bridgehead atoms. The van der Waals surface area contributed by atoms with Crippen LogP contribution in [0.5, 0.6) is 0 Å². The Balaban J connectivity index is 1.91. The highest BCUT2D eigenvalue weighted by Crippen LogP contribution is 2.29. The maximum Gasteiger partial charge on any atom is 0.292 e. The van der Waals surface area contributed by atoms with E-state index in [0.29, 0.717) is 15.7 Å². The normalized spacial score (nSPS) is 10.5. The highest BCUT2D eigenvalue weighted by molar-refractivity contribution is 6.39. The quantitative estimate of drug-likeness (QED) is 0.537. The van der Waals surface area contributed by atoms with Crippen molar-refractivity contribution >= 4 is 52.1 Å². The van der Waals surface area contributed by atoms with Crippen LogP contribution in [0.2, 0.25) is 10.0 Å². The molecule has 0 atom stereocenters. The summed E-state index contributed by atoms with van der Waals surface area (Å²) in [6.45, 7) is -0.248. The summed E-state index contributed by atoms with van der Waals surface area (Å²) in [5.74, 6) is -0.902. The van der Waals surface area contributed by atoms with Crippen molar-refractivity contribution in [2.24, 2.45) is 0 Å². The Bertz CT molecular complexity index is 856. The zero-order chi connectivity index (χ0) is 20.0. The van der Waals surface area contributed by atoms with Gasteiger partial charge >= 0.3 is 0 Å². The maximum atomic E-state index is 12.1. The van der Waals surface area contributed by atoms with Crippen LogP contribution >= 0.6 is 23.2 Å². The molecule has 2 amide bonds. The summed E-state index contributed by atoms with van der Waals surface area (Å²) in [4.78, 5) is 36.1. The number of amides is 2. The molecule has 2 aromatic carbocycles. The zero-order valence-corrected chi connectivity index (χ0v) is 15.8. The number of hydrogen-bond acceptors (Lipinski definition) is 5. The van der Waals surface area contributed by atoms with Crippen LogP contribution < -0.4 is 10.6 Å². The van der Waals surface area contributed by atoms with Crippen LogP contribution in [0.3, 0.4) is 0 Å². The van der Waals surface area contributed by atoms with Gasteiger partial charge in [-0.3, -0.25) is 24.6 Å². The third-order valence-corrected chi connectivity index (χ3v) is 4.06. The number of nitro groups is 1. The minimum Gasteiger partial charge on any atom is -0.322 e. The second kappa shape index (κ2) is 9.31. The number of nitrogens with zero attached hydrogens (tertiary/aromatic N) is 2. The van der Waals surface area contributed by atoms with Crippen molar-refractivity contribution in [2.45, 2.75) is 0 Å². The van der Waals surface area contributed by atoms with Crippen molar-refractivity contribution in [3.8, 4) is 0 Å². The van der Waals surface area contributed by atoms with Crippen molar-refractivity contribution in [1.82, 2.24) is 4.90 Å². The molecule has 2 N–H and O–H groups in total. The Morgan fingerprint density at radius 3 is 2.15 bits per heavy atom. The fourth-order valence-corrected chi connectivity index (χ4v) is 2.76. The smallest absolute Gasteiger partial charge is 0.292 e. The molecule has 2 rings (SSSR count). The third kappa shape index (κ3) is 5.92. The predicted octanol–water partition coefficient (Wildman–Crippen LogP) is 3.41. The Morgan fingerprint density at radius 1 is 1.00 bits per heavy atom. The fraction of sp³-hybridized carbons (Fsp3) is 0.176. The van der Waals surface area contributed by atoms with Crippen molar-refractivity contribution in [3.63, 3.8) is 0 Å². The minimum absolute atomic E-state index is 0.0909. The number of halogens is 2. The Labute approximate surface area is 165 Å². The number of carbonyl (C=O) groups excluding carboxylic acids is 2. The van der Waals surface area contributed by atoms with Crippen molar-refractivity contribution < 1.29 is 14.5 Å². The van der Waals surface area contributed by atoms with E-state index in [1.165, 1.54) is 23.1 Å². The minimum atomic E-state index is -0.583. The van der Waals surface area contributed by atoms with Gasteiger partial charge in [0.05, 0.1) is 33.7 Å². The lowest BCUT2D eigenvalue weighted by molar-refractivity contribution is -0.383. The number of likely N-dealkylation sites (N-methyl/N-ethyl adjacent to an activating group) is 1. The van der Waals surface area contributed by atoms with Gasteiger partial charge in [-0.1, -0.05) is 41.4 Å². The van der Waals surface area contributed by atoms with Crippen LogP contribution in [0.4, 0.5) is 17.1 Å². The molecule has 0 heterocycles. The van der Waals surface area contributed by atoms with Gasteiger partial charge in [-0.2, -0.15) is 0 Å². The monoisotopic (exact) mass is 410 g/mol. The first-order chi connectivity index (χ1) is 12.8. The van der Waals surface area contributed by atoms with E-state index in [4.69, 9.17) is 23.2 Å². The second-order valence-corrected chi connectivity index (χ2v) is 6.45. The number of anilines is 2. The molecule has 27 heavy (non-hydrogen) atoms. The van der Waals surface area contributed by atoms with Gasteiger partial charge in [0.15, 0.2) is 0 Å². The van der Waals surface area contributed by atoms with Crippen LogP contribution in [0, 0.1) is 10.1 Å². The van der Waals surface area contributed by atoms with Gasteiger partial charge in [0.2, 0.25) is 11.8 Å². The van der Waals surface area contributed by atoms with Crippen molar-refractivity contribution in [1.29, 1.82) is 0 Å². The van der Waals surface area contributed by atoms with Gasteiger partial charge < -0.3 is 10.6 Å². The number of rotatable bonds is 7. The van der Waals surface area contributed by atoms with Gasteiger partial charge in [0.25, 0.3) is 5.69 Å². The largest absolute Gasteiger partial charge is 0.322 e. The molecule has 0 aliphatic carbocycles. The lowest BCUT2D eigenvalue weighted by Crippen LogP contribution is -2.36. The molecule has 0 fully saturated rings. The molecule has 0 unspecified atom stereocenters. The van der Waals surface area contributed by atoms with E-state index >= 15 is 0 Å². The van der Waals surface area contributed by atoms with E-state index in [0.717, 1.165) is 0 Å². The van der Waals surface area contributed by atoms with E-state index in [9.17, 15) is 19.7 Å². The van der Waals surface area contributed by atoms with Crippen LogP contribution in [-0.4, -0.2) is 41.8 Å². The van der Waals surface area contributed by atoms with Gasteiger partial charge in [0, 0.05) is 6.07 Å². The number of nitro benzene ring substituents is 1. The standard InChI is InChI=1S/C17H16Cl2N4O4/c1-22(10-16(25)21-17-11(18)5-4-6-12(17)19)9-15(24)20-13-7-2-3-8-14(13)23(26)27/h2-8H,9-10H2,1H3,(H,20,24)(H,21,25). The number of hydrogen-bond donors (Lipinski definition) is 2. The van der Waals surface area contributed by atoms with Gasteiger partial charge in [-0.25, -0.2) is 0 Å². The van der Waals surface area contributed by atoms with E-state index < -0.39 is 16.7 Å². The van der Waals surface area contributed by atoms with Gasteiger partial charge in [0.1, 0.15) is 5.69 Å². The van der Waals surface area contributed by atoms with Crippen molar-refractivity contribution in [2.75, 3.05) is 30.8 Å². The summed E-state index contributed by atoms with van der Waals surface area (Å²) in [6, 6.07) is 10.6. The molecule has 0 aliphatic rings. The second-order valence-electron chi connectivity index (χ2n) is 5.64. The number of benzene rings is 2. The number of carbonyl (C=O) groups is 2. The van der Waals surface area contributed by atoms with Crippen LogP contribution in [0.1, 0.15) is 0 Å². The summed E-state index contributed by atoms with van der Waals surface area (Å²) in [6.07, 6.45) is 0. The Kier molecular flexibility index (Phi) is 7.12. The maximum absolute atomic E-state index is 12.1. The topological polar surface area (TPSA) is 105 Å². The van der Waals surface area contributed by atoms with E-state index in [-0.39, 0.29) is 24.5 Å². The Morgan fingerprint density at radius 2 is 1.56 bits per heavy atom. The lowest BCUT2D eigenvalue weighted by Gasteiger charge is -2.16. The zero-order valence-electron chi connectivity index (χ0n) is 14.2. The van der Waals surface area contributed by atoms with Gasteiger partial charge in [-0.05, 0) is 25.2 Å². The molecular formula is C17H16Cl2N4O4. The van der Waals surface area contributed by atoms with Gasteiger partial charge in [-0.15, -0.1) is 0 Å². The van der Waals surface area contributed by atoms with Crippen LogP contribution in [0.15, 0.2) is 42.5 Å². The molecule has 10 heteroatoms. The first-order valence-electron chi connectivity index (χ1n) is 7.73. The lowest BCUT2D eigenvalue weighted by atomic mass is 10.2. The molecule has 0 saturated carbocycles. The average molecular weight is 411 g/mol. The highest BCUT2D eigenvalue weighted by Gasteiger charge is 2.17. The molecule has 0 radical (unpaired) electrons. The van der Waals surface area contributed by atoms with Crippen LogP contribution in [0.25, 0.3) is 0 Å². The average Bonchev–Trinajstić information content (AvgIpc) is 2.58.